The monoisotopic (exact) mass is 303 g/mol. The van der Waals surface area contributed by atoms with Gasteiger partial charge in [-0.15, -0.1) is 0 Å². The lowest BCUT2D eigenvalue weighted by Gasteiger charge is -2.32. The Labute approximate surface area is 133 Å². The molecule has 1 aromatic rings. The minimum Gasteiger partial charge on any atom is -0.477 e. The summed E-state index contributed by atoms with van der Waals surface area (Å²) in [6.07, 6.45) is 6.98. The molecular formula is C17H26BNO3. The Morgan fingerprint density at radius 2 is 1.82 bits per heavy atom. The van der Waals surface area contributed by atoms with Crippen LogP contribution in [0.2, 0.25) is 0 Å². The summed E-state index contributed by atoms with van der Waals surface area (Å²) in [5.74, 6) is 1.35. The molecule has 4 nitrogen and oxygen atoms in total. The van der Waals surface area contributed by atoms with E-state index in [9.17, 15) is 0 Å². The van der Waals surface area contributed by atoms with Gasteiger partial charge in [-0.2, -0.15) is 0 Å². The highest BCUT2D eigenvalue weighted by molar-refractivity contribution is 6.62. The van der Waals surface area contributed by atoms with Crippen molar-refractivity contribution in [3.05, 3.63) is 18.3 Å². The minimum absolute atomic E-state index is 0.328. The van der Waals surface area contributed by atoms with Crippen LogP contribution >= 0.6 is 0 Å². The van der Waals surface area contributed by atoms with Gasteiger partial charge in [0, 0.05) is 12.3 Å². The van der Waals surface area contributed by atoms with Crippen molar-refractivity contribution >= 4 is 12.6 Å². The molecule has 5 heteroatoms. The van der Waals surface area contributed by atoms with Gasteiger partial charge < -0.3 is 14.0 Å². The van der Waals surface area contributed by atoms with E-state index in [-0.39, 0.29) is 18.3 Å². The second-order valence-electron chi connectivity index (χ2n) is 7.48. The lowest BCUT2D eigenvalue weighted by molar-refractivity contribution is 0.00578. The van der Waals surface area contributed by atoms with Crippen molar-refractivity contribution in [2.75, 3.05) is 6.61 Å². The van der Waals surface area contributed by atoms with Crippen molar-refractivity contribution in [3.8, 4) is 5.88 Å². The molecule has 0 spiro atoms. The van der Waals surface area contributed by atoms with Crippen LogP contribution in [0.15, 0.2) is 18.3 Å². The van der Waals surface area contributed by atoms with Gasteiger partial charge in [-0.3, -0.25) is 0 Å². The first kappa shape index (κ1) is 15.8. The van der Waals surface area contributed by atoms with E-state index >= 15 is 0 Å². The van der Waals surface area contributed by atoms with Crippen LogP contribution in [0.25, 0.3) is 0 Å². The third-order valence-electron chi connectivity index (χ3n) is 5.23. The predicted molar refractivity (Wildman–Crippen MR) is 87.4 cm³/mol. The molecule has 0 bridgehead atoms. The molecule has 0 amide bonds. The van der Waals surface area contributed by atoms with Gasteiger partial charge >= 0.3 is 7.12 Å². The second kappa shape index (κ2) is 5.86. The lowest BCUT2D eigenvalue weighted by Crippen LogP contribution is -2.41. The fourth-order valence-electron chi connectivity index (χ4n) is 3.01. The molecular weight excluding hydrogens is 277 g/mol. The zero-order chi connectivity index (χ0) is 15.8. The van der Waals surface area contributed by atoms with Crippen LogP contribution in [0, 0.1) is 5.92 Å². The highest BCUT2D eigenvalue weighted by Gasteiger charge is 2.51. The SMILES string of the molecule is CC1(C)OB(c2ccnc(OCC3CCCC3)c2)OC1(C)C. The summed E-state index contributed by atoms with van der Waals surface area (Å²) >= 11 is 0. The fourth-order valence-corrected chi connectivity index (χ4v) is 3.01. The maximum Gasteiger partial charge on any atom is 0.495 e. The van der Waals surface area contributed by atoms with Crippen molar-refractivity contribution in [2.24, 2.45) is 5.92 Å². The smallest absolute Gasteiger partial charge is 0.477 e. The average Bonchev–Trinajstić information content (AvgIpc) is 3.04. The van der Waals surface area contributed by atoms with Gasteiger partial charge in [-0.1, -0.05) is 12.8 Å². The first-order valence-corrected chi connectivity index (χ1v) is 8.32. The van der Waals surface area contributed by atoms with Gasteiger partial charge in [0.25, 0.3) is 0 Å². The maximum atomic E-state index is 6.08. The van der Waals surface area contributed by atoms with Crippen LogP contribution in [0.1, 0.15) is 53.4 Å². The summed E-state index contributed by atoms with van der Waals surface area (Å²) in [6, 6.07) is 3.88. The van der Waals surface area contributed by atoms with Crippen LogP contribution in [0.4, 0.5) is 0 Å². The highest BCUT2D eigenvalue weighted by Crippen LogP contribution is 2.36. The standard InChI is InChI=1S/C17H26BNO3/c1-16(2)17(3,4)22-18(21-16)14-9-10-19-15(11-14)20-12-13-7-5-6-8-13/h9-11,13H,5-8,12H2,1-4H3. The summed E-state index contributed by atoms with van der Waals surface area (Å²) in [4.78, 5) is 4.31. The van der Waals surface area contributed by atoms with Crippen molar-refractivity contribution in [3.63, 3.8) is 0 Å². The number of pyridine rings is 1. The van der Waals surface area contributed by atoms with E-state index in [2.05, 4.69) is 32.7 Å². The van der Waals surface area contributed by atoms with Gasteiger partial charge in [0.2, 0.25) is 5.88 Å². The largest absolute Gasteiger partial charge is 0.495 e. The second-order valence-corrected chi connectivity index (χ2v) is 7.48. The van der Waals surface area contributed by atoms with Crippen molar-refractivity contribution in [2.45, 2.75) is 64.6 Å². The molecule has 1 aliphatic heterocycles. The summed E-state index contributed by atoms with van der Waals surface area (Å²) < 4.78 is 18.0. The third kappa shape index (κ3) is 3.16. The molecule has 1 saturated heterocycles. The Bertz CT molecular complexity index is 510. The van der Waals surface area contributed by atoms with E-state index in [1.165, 1.54) is 25.7 Å². The van der Waals surface area contributed by atoms with E-state index in [0.29, 0.717) is 11.8 Å². The van der Waals surface area contributed by atoms with E-state index < -0.39 is 0 Å². The number of hydrogen-bond donors (Lipinski definition) is 0. The van der Waals surface area contributed by atoms with Crippen molar-refractivity contribution < 1.29 is 14.0 Å². The van der Waals surface area contributed by atoms with Crippen molar-refractivity contribution in [1.82, 2.24) is 4.98 Å². The minimum atomic E-state index is -0.359. The normalized spacial score (nSPS) is 23.9. The summed E-state index contributed by atoms with van der Waals surface area (Å²) in [5, 5.41) is 0. The molecule has 0 atom stereocenters. The fraction of sp³-hybridized carbons (Fsp3) is 0.706. The molecule has 2 fully saturated rings. The number of ether oxygens (including phenoxy) is 1. The van der Waals surface area contributed by atoms with E-state index in [1.807, 2.05) is 12.1 Å². The Morgan fingerprint density at radius 3 is 2.45 bits per heavy atom. The Morgan fingerprint density at radius 1 is 1.18 bits per heavy atom. The molecule has 1 saturated carbocycles. The number of hydrogen-bond acceptors (Lipinski definition) is 4. The molecule has 22 heavy (non-hydrogen) atoms. The Balaban J connectivity index is 1.66. The number of aromatic nitrogens is 1. The van der Waals surface area contributed by atoms with Crippen LogP contribution in [-0.2, 0) is 9.31 Å². The third-order valence-corrected chi connectivity index (χ3v) is 5.23. The van der Waals surface area contributed by atoms with Gasteiger partial charge in [0.05, 0.1) is 17.8 Å². The van der Waals surface area contributed by atoms with Gasteiger partial charge in [0.1, 0.15) is 0 Å². The molecule has 1 aliphatic carbocycles. The van der Waals surface area contributed by atoms with E-state index in [1.54, 1.807) is 6.20 Å². The Kier molecular flexibility index (Phi) is 4.21. The maximum absolute atomic E-state index is 6.08. The van der Waals surface area contributed by atoms with Crippen LogP contribution < -0.4 is 10.2 Å². The molecule has 0 unspecified atom stereocenters. The summed E-state index contributed by atoms with van der Waals surface area (Å²) in [5.41, 5.74) is 0.313. The van der Waals surface area contributed by atoms with Gasteiger partial charge in [-0.25, -0.2) is 4.98 Å². The lowest BCUT2D eigenvalue weighted by atomic mass is 9.80. The van der Waals surface area contributed by atoms with Crippen molar-refractivity contribution in [1.29, 1.82) is 0 Å². The quantitative estimate of drug-likeness (QED) is 0.802. The topological polar surface area (TPSA) is 40.6 Å². The molecule has 120 valence electrons. The first-order valence-electron chi connectivity index (χ1n) is 8.32. The van der Waals surface area contributed by atoms with E-state index in [4.69, 9.17) is 14.0 Å². The molecule has 0 N–H and O–H groups in total. The van der Waals surface area contributed by atoms with Gasteiger partial charge in [-0.05, 0) is 58.0 Å². The van der Waals surface area contributed by atoms with Crippen LogP contribution in [-0.4, -0.2) is 29.9 Å². The zero-order valence-electron chi connectivity index (χ0n) is 14.1. The Hall–Kier alpha value is -1.07. The van der Waals surface area contributed by atoms with E-state index in [0.717, 1.165) is 12.1 Å². The predicted octanol–water partition coefficient (Wildman–Crippen LogP) is 2.95. The average molecular weight is 303 g/mol. The molecule has 3 rings (SSSR count). The zero-order valence-corrected chi connectivity index (χ0v) is 14.1. The molecule has 2 heterocycles. The highest BCUT2D eigenvalue weighted by atomic mass is 16.7. The molecule has 2 aliphatic rings. The summed E-state index contributed by atoms with van der Waals surface area (Å²) in [7, 11) is -0.359. The summed E-state index contributed by atoms with van der Waals surface area (Å²) in [6.45, 7) is 9.01. The van der Waals surface area contributed by atoms with Crippen LogP contribution in [0.3, 0.4) is 0 Å². The molecule has 0 radical (unpaired) electrons. The van der Waals surface area contributed by atoms with Gasteiger partial charge in [0.15, 0.2) is 0 Å². The molecule has 1 aromatic heterocycles. The number of rotatable bonds is 4. The van der Waals surface area contributed by atoms with Crippen LogP contribution in [0.5, 0.6) is 5.88 Å². The number of nitrogens with zero attached hydrogens (tertiary/aromatic N) is 1. The molecule has 0 aromatic carbocycles. The first-order chi connectivity index (χ1) is 10.4.